The van der Waals surface area contributed by atoms with Gasteiger partial charge in [-0.2, -0.15) is 0 Å². The van der Waals surface area contributed by atoms with Crippen LogP contribution in [0.25, 0.3) is 0 Å². The number of para-hydroxylation sites is 1. The lowest BCUT2D eigenvalue weighted by Gasteiger charge is -2.39. The van der Waals surface area contributed by atoms with Gasteiger partial charge in [0.2, 0.25) is 5.91 Å². The van der Waals surface area contributed by atoms with Crippen molar-refractivity contribution >= 4 is 29.0 Å². The van der Waals surface area contributed by atoms with E-state index in [-0.39, 0.29) is 11.9 Å². The van der Waals surface area contributed by atoms with Gasteiger partial charge in [-0.1, -0.05) is 24.3 Å². The van der Waals surface area contributed by atoms with E-state index in [2.05, 4.69) is 5.32 Å². The number of urea groups is 1. The molecule has 0 radical (unpaired) electrons. The third-order valence-electron chi connectivity index (χ3n) is 5.27. The number of nitrogens with zero attached hydrogens (tertiary/aromatic N) is 2. The van der Waals surface area contributed by atoms with Crippen LogP contribution < -0.4 is 10.2 Å². The predicted molar refractivity (Wildman–Crippen MR) is 98.9 cm³/mol. The topological polar surface area (TPSA) is 52.7 Å². The van der Waals surface area contributed by atoms with Gasteiger partial charge in [-0.25, -0.2) is 4.79 Å². The molecule has 1 fully saturated rings. The lowest BCUT2D eigenvalue weighted by Crippen LogP contribution is -2.55. The Bertz CT molecular complexity index is 805. The molecule has 1 aromatic heterocycles. The van der Waals surface area contributed by atoms with E-state index < -0.39 is 5.41 Å². The fourth-order valence-electron chi connectivity index (χ4n) is 4.03. The summed E-state index contributed by atoms with van der Waals surface area (Å²) in [5.41, 5.74) is 1.43. The van der Waals surface area contributed by atoms with Crippen molar-refractivity contribution < 1.29 is 9.59 Å². The van der Waals surface area contributed by atoms with E-state index in [1.165, 1.54) is 0 Å². The molecule has 1 unspecified atom stereocenters. The van der Waals surface area contributed by atoms with Crippen LogP contribution in [-0.4, -0.2) is 37.0 Å². The number of hydrogen-bond donors (Lipinski definition) is 1. The highest BCUT2D eigenvalue weighted by Gasteiger charge is 2.52. The summed E-state index contributed by atoms with van der Waals surface area (Å²) in [6.07, 6.45) is 1.63. The van der Waals surface area contributed by atoms with E-state index in [4.69, 9.17) is 0 Å². The van der Waals surface area contributed by atoms with Gasteiger partial charge >= 0.3 is 6.03 Å². The van der Waals surface area contributed by atoms with Gasteiger partial charge in [0.25, 0.3) is 0 Å². The number of piperidine rings is 1. The third-order valence-corrected chi connectivity index (χ3v) is 6.14. The molecule has 0 aliphatic carbocycles. The minimum atomic E-state index is -0.593. The van der Waals surface area contributed by atoms with Gasteiger partial charge in [0.1, 0.15) is 0 Å². The number of rotatable bonds is 2. The Morgan fingerprint density at radius 2 is 2.12 bits per heavy atom. The van der Waals surface area contributed by atoms with Crippen molar-refractivity contribution in [3.63, 3.8) is 0 Å². The minimum absolute atomic E-state index is 0.0905. The van der Waals surface area contributed by atoms with Crippen molar-refractivity contribution in [1.29, 1.82) is 0 Å². The molecule has 1 aromatic carbocycles. The smallest absolute Gasteiger partial charge is 0.317 e. The number of likely N-dealkylation sites (tertiary alicyclic amines) is 1. The Morgan fingerprint density at radius 3 is 2.92 bits per heavy atom. The van der Waals surface area contributed by atoms with Gasteiger partial charge in [-0.3, -0.25) is 4.79 Å². The first kappa shape index (κ1) is 16.1. The molecule has 3 amide bonds. The fraction of sp³-hybridized carbons (Fsp3) is 0.368. The van der Waals surface area contributed by atoms with Crippen molar-refractivity contribution in [2.75, 3.05) is 25.0 Å². The number of fused-ring (bicyclic) bond motifs is 2. The Kier molecular flexibility index (Phi) is 4.00. The molecular weight excluding hydrogens is 334 g/mol. The van der Waals surface area contributed by atoms with Gasteiger partial charge in [0, 0.05) is 30.7 Å². The van der Waals surface area contributed by atoms with Crippen LogP contribution in [0, 0.1) is 0 Å². The second-order valence-corrected chi connectivity index (χ2v) is 7.76. The maximum absolute atomic E-state index is 13.0. The van der Waals surface area contributed by atoms with E-state index in [9.17, 15) is 9.59 Å². The number of anilines is 1. The molecule has 1 saturated heterocycles. The normalized spacial score (nSPS) is 22.4. The molecule has 4 rings (SSSR count). The SMILES string of the molecule is CN1C(=O)C2(CCCN(C(=O)NCc3cccs3)C2)c2ccccc21. The lowest BCUT2D eigenvalue weighted by molar-refractivity contribution is -0.124. The number of carbonyl (C=O) groups excluding carboxylic acids is 2. The van der Waals surface area contributed by atoms with Crippen LogP contribution in [0.5, 0.6) is 0 Å². The largest absolute Gasteiger partial charge is 0.333 e. The molecule has 25 heavy (non-hydrogen) atoms. The minimum Gasteiger partial charge on any atom is -0.333 e. The van der Waals surface area contributed by atoms with Crippen LogP contribution in [0.4, 0.5) is 10.5 Å². The van der Waals surface area contributed by atoms with E-state index in [0.29, 0.717) is 19.6 Å². The maximum atomic E-state index is 13.0. The van der Waals surface area contributed by atoms with E-state index in [1.807, 2.05) is 48.8 Å². The third kappa shape index (κ3) is 2.61. The predicted octanol–water partition coefficient (Wildman–Crippen LogP) is 2.97. The molecule has 2 aliphatic rings. The number of amides is 3. The summed E-state index contributed by atoms with van der Waals surface area (Å²) in [6.45, 7) is 1.67. The summed E-state index contributed by atoms with van der Waals surface area (Å²) >= 11 is 1.63. The molecule has 6 heteroatoms. The van der Waals surface area contributed by atoms with E-state index >= 15 is 0 Å². The Hall–Kier alpha value is -2.34. The summed E-state index contributed by atoms with van der Waals surface area (Å²) in [6, 6.07) is 11.8. The Balaban J connectivity index is 1.54. The van der Waals surface area contributed by atoms with Crippen molar-refractivity contribution in [1.82, 2.24) is 10.2 Å². The molecule has 3 heterocycles. The Labute approximate surface area is 151 Å². The van der Waals surface area contributed by atoms with Crippen molar-refractivity contribution in [3.05, 3.63) is 52.2 Å². The zero-order valence-electron chi connectivity index (χ0n) is 14.2. The number of thiophene rings is 1. The standard InChI is InChI=1S/C19H21N3O2S/c1-21-16-8-3-2-7-15(16)19(17(21)23)9-5-10-22(13-19)18(24)20-12-14-6-4-11-25-14/h2-4,6-8,11H,5,9-10,12-13H2,1H3,(H,20,24). The highest BCUT2D eigenvalue weighted by atomic mass is 32.1. The maximum Gasteiger partial charge on any atom is 0.317 e. The van der Waals surface area contributed by atoms with Crippen LogP contribution >= 0.6 is 11.3 Å². The number of likely N-dealkylation sites (N-methyl/N-ethyl adjacent to an activating group) is 1. The van der Waals surface area contributed by atoms with Gasteiger partial charge in [0.15, 0.2) is 0 Å². The average molecular weight is 355 g/mol. The van der Waals surface area contributed by atoms with Crippen LogP contribution in [0.1, 0.15) is 23.3 Å². The molecule has 1 spiro atoms. The van der Waals surface area contributed by atoms with Crippen LogP contribution in [0.3, 0.4) is 0 Å². The molecule has 130 valence electrons. The van der Waals surface area contributed by atoms with Gasteiger partial charge < -0.3 is 15.1 Å². The summed E-state index contributed by atoms with van der Waals surface area (Å²) in [4.78, 5) is 30.3. The summed E-state index contributed by atoms with van der Waals surface area (Å²) in [7, 11) is 1.83. The molecule has 2 aromatic rings. The molecule has 1 N–H and O–H groups in total. The molecule has 2 aliphatic heterocycles. The van der Waals surface area contributed by atoms with Crippen molar-refractivity contribution in [3.8, 4) is 0 Å². The molecule has 5 nitrogen and oxygen atoms in total. The lowest BCUT2D eigenvalue weighted by atomic mass is 9.75. The zero-order chi connectivity index (χ0) is 17.4. The van der Waals surface area contributed by atoms with Gasteiger partial charge in [0.05, 0.1) is 12.0 Å². The first-order valence-corrected chi connectivity index (χ1v) is 9.43. The van der Waals surface area contributed by atoms with Crippen molar-refractivity contribution in [2.45, 2.75) is 24.8 Å². The van der Waals surface area contributed by atoms with Crippen LogP contribution in [0.2, 0.25) is 0 Å². The van der Waals surface area contributed by atoms with Crippen molar-refractivity contribution in [2.24, 2.45) is 0 Å². The van der Waals surface area contributed by atoms with E-state index in [0.717, 1.165) is 29.0 Å². The molecule has 0 saturated carbocycles. The highest BCUT2D eigenvalue weighted by molar-refractivity contribution is 7.09. The van der Waals surface area contributed by atoms with E-state index in [1.54, 1.807) is 21.1 Å². The monoisotopic (exact) mass is 355 g/mol. The number of carbonyl (C=O) groups is 2. The first-order valence-electron chi connectivity index (χ1n) is 8.55. The summed E-state index contributed by atoms with van der Waals surface area (Å²) in [5, 5.41) is 4.98. The summed E-state index contributed by atoms with van der Waals surface area (Å²) in [5.74, 6) is 0.101. The average Bonchev–Trinajstić information content (AvgIpc) is 3.24. The molecule has 0 bridgehead atoms. The fourth-order valence-corrected chi connectivity index (χ4v) is 4.67. The van der Waals surface area contributed by atoms with Gasteiger partial charge in [-0.05, 0) is 35.9 Å². The second-order valence-electron chi connectivity index (χ2n) is 6.73. The number of benzene rings is 1. The second kappa shape index (κ2) is 6.19. The molecular formula is C19H21N3O2S. The quantitative estimate of drug-likeness (QED) is 0.900. The summed E-state index contributed by atoms with van der Waals surface area (Å²) < 4.78 is 0. The van der Waals surface area contributed by atoms with Crippen LogP contribution in [-0.2, 0) is 16.8 Å². The zero-order valence-corrected chi connectivity index (χ0v) is 15.0. The number of nitrogens with one attached hydrogen (secondary N) is 1. The number of hydrogen-bond acceptors (Lipinski definition) is 3. The van der Waals surface area contributed by atoms with Gasteiger partial charge in [-0.15, -0.1) is 11.3 Å². The first-order chi connectivity index (χ1) is 12.1. The van der Waals surface area contributed by atoms with Crippen LogP contribution in [0.15, 0.2) is 41.8 Å². The Morgan fingerprint density at radius 1 is 1.28 bits per heavy atom. The molecule has 1 atom stereocenters. The highest BCUT2D eigenvalue weighted by Crippen LogP contribution is 2.46.